The molecule has 0 aliphatic heterocycles. The molecule has 4 heteroatoms. The van der Waals surface area contributed by atoms with E-state index in [4.69, 9.17) is 5.73 Å². The largest absolute Gasteiger partial charge is 0.505 e. The van der Waals surface area contributed by atoms with Crippen LogP contribution in [0.25, 0.3) is 0 Å². The van der Waals surface area contributed by atoms with Crippen molar-refractivity contribution in [2.75, 3.05) is 0 Å². The van der Waals surface area contributed by atoms with Gasteiger partial charge in [0.2, 0.25) is 0 Å². The molecule has 2 rings (SSSR count). The Bertz CT molecular complexity index is 496. The zero-order valence-electron chi connectivity index (χ0n) is 8.77. The van der Waals surface area contributed by atoms with Gasteiger partial charge in [0.15, 0.2) is 11.6 Å². The summed E-state index contributed by atoms with van der Waals surface area (Å²) in [5, 5.41) is 11.5. The van der Waals surface area contributed by atoms with Crippen molar-refractivity contribution in [3.63, 3.8) is 0 Å². The summed E-state index contributed by atoms with van der Waals surface area (Å²) < 4.78 is 13.3. The van der Waals surface area contributed by atoms with Crippen molar-refractivity contribution in [1.82, 2.24) is 0 Å². The van der Waals surface area contributed by atoms with Crippen LogP contribution in [-0.4, -0.2) is 5.11 Å². The SMILES string of the molecule is Cc1cc(F)c(O)c([C@@H](N)c2cccs2)c1. The molecule has 1 heterocycles. The standard InChI is InChI=1S/C12H12FNOS/c1-7-5-8(12(15)9(13)6-7)11(14)10-3-2-4-16-10/h2-6,11,15H,14H2,1H3/t11-/m1/s1. The molecule has 1 atom stereocenters. The highest BCUT2D eigenvalue weighted by Gasteiger charge is 2.17. The van der Waals surface area contributed by atoms with Gasteiger partial charge in [0.25, 0.3) is 0 Å². The zero-order valence-corrected chi connectivity index (χ0v) is 9.59. The molecule has 0 spiro atoms. The van der Waals surface area contributed by atoms with E-state index in [9.17, 15) is 9.50 Å². The van der Waals surface area contributed by atoms with E-state index in [-0.39, 0.29) is 5.75 Å². The summed E-state index contributed by atoms with van der Waals surface area (Å²) in [5.41, 5.74) is 7.16. The van der Waals surface area contributed by atoms with E-state index in [0.717, 1.165) is 10.4 Å². The lowest BCUT2D eigenvalue weighted by Gasteiger charge is -2.13. The predicted molar refractivity (Wildman–Crippen MR) is 63.2 cm³/mol. The van der Waals surface area contributed by atoms with Gasteiger partial charge in [-0.15, -0.1) is 11.3 Å². The number of hydrogen-bond donors (Lipinski definition) is 2. The van der Waals surface area contributed by atoms with Crippen LogP contribution in [0.3, 0.4) is 0 Å². The van der Waals surface area contributed by atoms with Gasteiger partial charge in [-0.05, 0) is 30.0 Å². The predicted octanol–water partition coefficient (Wildman–Crippen LogP) is 2.95. The lowest BCUT2D eigenvalue weighted by molar-refractivity contribution is 0.423. The summed E-state index contributed by atoms with van der Waals surface area (Å²) >= 11 is 1.49. The van der Waals surface area contributed by atoms with Crippen molar-refractivity contribution in [1.29, 1.82) is 0 Å². The number of aromatic hydroxyl groups is 1. The Hall–Kier alpha value is -1.39. The number of hydrogen-bond acceptors (Lipinski definition) is 3. The van der Waals surface area contributed by atoms with Crippen molar-refractivity contribution in [2.24, 2.45) is 5.73 Å². The van der Waals surface area contributed by atoms with Gasteiger partial charge < -0.3 is 10.8 Å². The third kappa shape index (κ3) is 1.94. The Kier molecular flexibility index (Phi) is 2.94. The fourth-order valence-electron chi connectivity index (χ4n) is 1.62. The molecule has 0 bridgehead atoms. The molecule has 0 unspecified atom stereocenters. The number of aryl methyl sites for hydroxylation is 1. The third-order valence-electron chi connectivity index (χ3n) is 2.42. The maximum Gasteiger partial charge on any atom is 0.165 e. The van der Waals surface area contributed by atoms with Crippen molar-refractivity contribution >= 4 is 11.3 Å². The molecule has 0 aliphatic carbocycles. The Morgan fingerprint density at radius 3 is 2.81 bits per heavy atom. The van der Waals surface area contributed by atoms with Gasteiger partial charge in [-0.2, -0.15) is 0 Å². The smallest absolute Gasteiger partial charge is 0.165 e. The highest BCUT2D eigenvalue weighted by Crippen LogP contribution is 2.32. The van der Waals surface area contributed by atoms with Crippen molar-refractivity contribution in [2.45, 2.75) is 13.0 Å². The van der Waals surface area contributed by atoms with Gasteiger partial charge in [-0.3, -0.25) is 0 Å². The molecule has 16 heavy (non-hydrogen) atoms. The minimum absolute atomic E-state index is 0.355. The molecule has 0 amide bonds. The summed E-state index contributed by atoms with van der Waals surface area (Å²) in [6.07, 6.45) is 0. The fraction of sp³-hybridized carbons (Fsp3) is 0.167. The van der Waals surface area contributed by atoms with Gasteiger partial charge in [-0.25, -0.2) is 4.39 Å². The highest BCUT2D eigenvalue weighted by molar-refractivity contribution is 7.10. The number of thiophene rings is 1. The fourth-order valence-corrected chi connectivity index (χ4v) is 2.36. The first kappa shape index (κ1) is 11.1. The summed E-state index contributed by atoms with van der Waals surface area (Å²) in [6.45, 7) is 1.77. The Balaban J connectivity index is 2.48. The van der Waals surface area contributed by atoms with E-state index in [2.05, 4.69) is 0 Å². The maximum atomic E-state index is 13.3. The topological polar surface area (TPSA) is 46.2 Å². The average molecular weight is 237 g/mol. The van der Waals surface area contributed by atoms with Crippen LogP contribution in [0.5, 0.6) is 5.75 Å². The molecular weight excluding hydrogens is 225 g/mol. The van der Waals surface area contributed by atoms with Gasteiger partial charge in [-0.1, -0.05) is 12.1 Å². The van der Waals surface area contributed by atoms with Crippen molar-refractivity contribution in [3.05, 3.63) is 51.5 Å². The first-order valence-electron chi connectivity index (χ1n) is 4.87. The lowest BCUT2D eigenvalue weighted by Crippen LogP contribution is -2.11. The Labute approximate surface area is 97.2 Å². The monoisotopic (exact) mass is 237 g/mol. The molecular formula is C12H12FNOS. The quantitative estimate of drug-likeness (QED) is 0.843. The number of benzene rings is 1. The van der Waals surface area contributed by atoms with Crippen LogP contribution in [0, 0.1) is 12.7 Å². The van der Waals surface area contributed by atoms with E-state index in [1.54, 1.807) is 13.0 Å². The van der Waals surface area contributed by atoms with Crippen LogP contribution in [0.1, 0.15) is 22.0 Å². The van der Waals surface area contributed by atoms with Gasteiger partial charge in [0, 0.05) is 10.4 Å². The number of halogens is 1. The molecule has 0 fully saturated rings. The Morgan fingerprint density at radius 2 is 2.19 bits per heavy atom. The van der Waals surface area contributed by atoms with E-state index < -0.39 is 11.9 Å². The molecule has 0 aliphatic rings. The van der Waals surface area contributed by atoms with Crippen molar-refractivity contribution < 1.29 is 9.50 Å². The summed E-state index contributed by atoms with van der Waals surface area (Å²) in [6, 6.07) is 6.27. The van der Waals surface area contributed by atoms with E-state index in [0.29, 0.717) is 5.56 Å². The molecule has 1 aromatic heterocycles. The van der Waals surface area contributed by atoms with Crippen LogP contribution in [0.4, 0.5) is 4.39 Å². The number of phenols is 1. The molecule has 3 N–H and O–H groups in total. The molecule has 0 saturated carbocycles. The first-order valence-corrected chi connectivity index (χ1v) is 5.75. The molecule has 84 valence electrons. The minimum Gasteiger partial charge on any atom is -0.505 e. The van der Waals surface area contributed by atoms with Crippen LogP contribution >= 0.6 is 11.3 Å². The summed E-state index contributed by atoms with van der Waals surface area (Å²) in [4.78, 5) is 0.903. The van der Waals surface area contributed by atoms with Gasteiger partial charge in [0.1, 0.15) is 0 Å². The summed E-state index contributed by atoms with van der Waals surface area (Å²) in [5.74, 6) is -0.978. The minimum atomic E-state index is -0.623. The van der Waals surface area contributed by atoms with Crippen LogP contribution in [0.2, 0.25) is 0 Å². The molecule has 0 radical (unpaired) electrons. The highest BCUT2D eigenvalue weighted by atomic mass is 32.1. The summed E-state index contributed by atoms with van der Waals surface area (Å²) in [7, 11) is 0. The second-order valence-corrected chi connectivity index (χ2v) is 4.66. The maximum absolute atomic E-state index is 13.3. The molecule has 0 saturated heterocycles. The van der Waals surface area contributed by atoms with Gasteiger partial charge in [0.05, 0.1) is 6.04 Å². The van der Waals surface area contributed by atoms with E-state index >= 15 is 0 Å². The van der Waals surface area contributed by atoms with E-state index in [1.807, 2.05) is 17.5 Å². The van der Waals surface area contributed by atoms with Gasteiger partial charge >= 0.3 is 0 Å². The molecule has 2 nitrogen and oxygen atoms in total. The molecule has 2 aromatic rings. The zero-order chi connectivity index (χ0) is 11.7. The number of rotatable bonds is 2. The average Bonchev–Trinajstić information content (AvgIpc) is 2.75. The second kappa shape index (κ2) is 4.23. The first-order chi connectivity index (χ1) is 7.59. The normalized spacial score (nSPS) is 12.7. The number of phenolic OH excluding ortho intramolecular Hbond substituents is 1. The lowest BCUT2D eigenvalue weighted by atomic mass is 10.0. The van der Waals surface area contributed by atoms with Crippen LogP contribution in [-0.2, 0) is 0 Å². The second-order valence-electron chi connectivity index (χ2n) is 3.68. The molecule has 1 aromatic carbocycles. The number of nitrogens with two attached hydrogens (primary N) is 1. The van der Waals surface area contributed by atoms with Crippen LogP contribution in [0.15, 0.2) is 29.6 Å². The third-order valence-corrected chi connectivity index (χ3v) is 3.38. The van der Waals surface area contributed by atoms with E-state index in [1.165, 1.54) is 17.4 Å². The van der Waals surface area contributed by atoms with Crippen molar-refractivity contribution in [3.8, 4) is 5.75 Å². The van der Waals surface area contributed by atoms with Crippen LogP contribution < -0.4 is 5.73 Å². The Morgan fingerprint density at radius 1 is 1.44 bits per heavy atom.